The number of hydrogen-bond acceptors (Lipinski definition) is 7. The van der Waals surface area contributed by atoms with Gasteiger partial charge in [0, 0.05) is 57.8 Å². The van der Waals surface area contributed by atoms with Crippen molar-refractivity contribution in [2.24, 2.45) is 0 Å². The highest BCUT2D eigenvalue weighted by Gasteiger charge is 2.22. The molecule has 9 aromatic rings. The number of anilines is 4. The number of aromatic nitrogens is 7. The molecular formula is C49H40ClN9. The van der Waals surface area contributed by atoms with Crippen molar-refractivity contribution in [3.8, 4) is 67.8 Å². The number of benzene rings is 6. The minimum Gasteiger partial charge on any atom is -0.324 e. The lowest BCUT2D eigenvalue weighted by atomic mass is 10.0. The number of nitrogens with zero attached hydrogens (tertiary/aromatic N) is 7. The summed E-state index contributed by atoms with van der Waals surface area (Å²) in [6.45, 7) is 5.82. The second-order valence-electron chi connectivity index (χ2n) is 13.9. The second kappa shape index (κ2) is 16.6. The largest absolute Gasteiger partial charge is 0.324 e. The first-order chi connectivity index (χ1) is 29.1. The molecule has 3 aromatic heterocycles. The zero-order valence-electron chi connectivity index (χ0n) is 32.6. The van der Waals surface area contributed by atoms with Gasteiger partial charge in [-0.05, 0) is 74.0 Å². The molecule has 288 valence electrons. The van der Waals surface area contributed by atoms with Crippen LogP contribution in [0.2, 0.25) is 5.28 Å². The van der Waals surface area contributed by atoms with Gasteiger partial charge >= 0.3 is 0 Å². The van der Waals surface area contributed by atoms with E-state index in [9.17, 15) is 0 Å². The summed E-state index contributed by atoms with van der Waals surface area (Å²) >= 11 is 6.43. The zero-order chi connectivity index (χ0) is 40.1. The molecule has 6 aromatic carbocycles. The van der Waals surface area contributed by atoms with Crippen LogP contribution in [0.15, 0.2) is 170 Å². The van der Waals surface area contributed by atoms with Crippen LogP contribution in [-0.2, 0) is 13.1 Å². The van der Waals surface area contributed by atoms with Gasteiger partial charge in [-0.25, -0.2) is 9.97 Å². The highest BCUT2D eigenvalue weighted by molar-refractivity contribution is 6.28. The van der Waals surface area contributed by atoms with Gasteiger partial charge < -0.3 is 19.8 Å². The van der Waals surface area contributed by atoms with Gasteiger partial charge in [0.15, 0.2) is 0 Å². The van der Waals surface area contributed by atoms with Gasteiger partial charge in [-0.1, -0.05) is 121 Å². The van der Waals surface area contributed by atoms with Crippen molar-refractivity contribution in [3.05, 3.63) is 175 Å². The molecule has 0 saturated heterocycles. The van der Waals surface area contributed by atoms with E-state index in [1.807, 2.05) is 72.8 Å². The molecule has 3 heterocycles. The molecule has 0 aliphatic carbocycles. The summed E-state index contributed by atoms with van der Waals surface area (Å²) in [5, 5.41) is 6.67. The van der Waals surface area contributed by atoms with Crippen LogP contribution in [0.3, 0.4) is 0 Å². The molecule has 2 N–H and O–H groups in total. The van der Waals surface area contributed by atoms with Crippen molar-refractivity contribution < 1.29 is 0 Å². The molecule has 0 bridgehead atoms. The number of imidazole rings is 2. The first-order valence-electron chi connectivity index (χ1n) is 19.7. The Labute approximate surface area is 348 Å². The molecule has 0 fully saturated rings. The van der Waals surface area contributed by atoms with Crippen LogP contribution in [0.1, 0.15) is 13.8 Å². The third-order valence-electron chi connectivity index (χ3n) is 10.2. The average molecular weight is 790 g/mol. The minimum atomic E-state index is 0.0666. The summed E-state index contributed by atoms with van der Waals surface area (Å²) in [4.78, 5) is 23.8. The van der Waals surface area contributed by atoms with Crippen LogP contribution in [0, 0.1) is 0 Å². The van der Waals surface area contributed by atoms with Crippen LogP contribution < -0.4 is 10.6 Å². The Hall–Kier alpha value is -7.36. The predicted octanol–water partition coefficient (Wildman–Crippen LogP) is 12.4. The third kappa shape index (κ3) is 7.71. The van der Waals surface area contributed by atoms with Crippen molar-refractivity contribution in [2.75, 3.05) is 10.6 Å². The summed E-state index contributed by atoms with van der Waals surface area (Å²) in [6, 6.07) is 57.7. The second-order valence-corrected chi connectivity index (χ2v) is 14.2. The molecule has 0 aliphatic heterocycles. The summed E-state index contributed by atoms with van der Waals surface area (Å²) in [7, 11) is 0. The monoisotopic (exact) mass is 789 g/mol. The van der Waals surface area contributed by atoms with E-state index < -0.39 is 0 Å². The van der Waals surface area contributed by atoms with E-state index in [-0.39, 0.29) is 5.28 Å². The van der Waals surface area contributed by atoms with Gasteiger partial charge in [0.25, 0.3) is 0 Å². The fraction of sp³-hybridized carbons (Fsp3) is 0.0816. The van der Waals surface area contributed by atoms with Gasteiger partial charge in [-0.3, -0.25) is 0 Å². The number of halogens is 1. The van der Waals surface area contributed by atoms with Gasteiger partial charge in [-0.2, -0.15) is 15.0 Å². The predicted molar refractivity (Wildman–Crippen MR) is 240 cm³/mol. The Morgan fingerprint density at radius 3 is 1.07 bits per heavy atom. The van der Waals surface area contributed by atoms with Crippen molar-refractivity contribution >= 4 is 34.9 Å². The molecule has 0 unspecified atom stereocenters. The molecular weight excluding hydrogens is 750 g/mol. The van der Waals surface area contributed by atoms with E-state index in [0.29, 0.717) is 11.9 Å². The molecule has 59 heavy (non-hydrogen) atoms. The van der Waals surface area contributed by atoms with Crippen molar-refractivity contribution in [3.63, 3.8) is 0 Å². The lowest BCUT2D eigenvalue weighted by Gasteiger charge is -2.12. The summed E-state index contributed by atoms with van der Waals surface area (Å²) in [5.74, 6) is 2.42. The third-order valence-corrected chi connectivity index (χ3v) is 10.3. The Balaban J connectivity index is 0.957. The maximum Gasteiger partial charge on any atom is 0.233 e. The summed E-state index contributed by atoms with van der Waals surface area (Å²) in [5.41, 5.74) is 12.0. The first kappa shape index (κ1) is 37.2. The Morgan fingerprint density at radius 2 is 0.729 bits per heavy atom. The highest BCUT2D eigenvalue weighted by atomic mass is 35.5. The fourth-order valence-electron chi connectivity index (χ4n) is 7.46. The molecule has 0 radical (unpaired) electrons. The maximum absolute atomic E-state index is 6.43. The van der Waals surface area contributed by atoms with Gasteiger partial charge in [0.2, 0.25) is 17.2 Å². The molecule has 0 spiro atoms. The molecule has 9 nitrogen and oxygen atoms in total. The van der Waals surface area contributed by atoms with E-state index >= 15 is 0 Å². The topological polar surface area (TPSA) is 98.4 Å². The average Bonchev–Trinajstić information content (AvgIpc) is 3.88. The molecule has 0 atom stereocenters. The van der Waals surface area contributed by atoms with Crippen LogP contribution in [0.4, 0.5) is 23.3 Å². The zero-order valence-corrected chi connectivity index (χ0v) is 33.3. The SMILES string of the molecule is CCn1c(-c2ccc(Nc3nc(Cl)nc(Nc4ccc(-c5nc(-c6ccccc6)c(-c6ccccc6)n5CC)cc4)n3)cc2)nc(-c2ccccc2)c1-c1ccccc1. The van der Waals surface area contributed by atoms with Crippen molar-refractivity contribution in [2.45, 2.75) is 26.9 Å². The number of nitrogens with one attached hydrogen (secondary N) is 2. The van der Waals surface area contributed by atoms with Gasteiger partial charge in [0.1, 0.15) is 11.6 Å². The molecule has 0 amide bonds. The maximum atomic E-state index is 6.43. The van der Waals surface area contributed by atoms with Crippen molar-refractivity contribution in [1.82, 2.24) is 34.1 Å². The quantitative estimate of drug-likeness (QED) is 0.127. The summed E-state index contributed by atoms with van der Waals surface area (Å²) in [6.07, 6.45) is 0. The molecule has 0 aliphatic rings. The molecule has 10 heteroatoms. The first-order valence-corrected chi connectivity index (χ1v) is 20.0. The van der Waals surface area contributed by atoms with Crippen LogP contribution in [-0.4, -0.2) is 34.1 Å². The Morgan fingerprint density at radius 1 is 0.390 bits per heavy atom. The van der Waals surface area contributed by atoms with Gasteiger partial charge in [-0.15, -0.1) is 0 Å². The number of rotatable bonds is 12. The van der Waals surface area contributed by atoms with E-state index in [4.69, 9.17) is 21.6 Å². The standard InChI is InChI=1S/C49H40ClN9/c1-3-58-43(35-21-13-7-14-22-35)41(33-17-9-5-10-18-33)53-45(58)37-25-29-39(30-26-37)51-48-55-47(50)56-49(57-48)52-40-31-27-38(28-32-40)46-54-42(34-19-11-6-12-20-34)44(59(46)4-2)36-23-15-8-16-24-36/h5-32H,3-4H2,1-2H3,(H2,51,52,55,56,57). The van der Waals surface area contributed by atoms with E-state index in [1.165, 1.54) is 0 Å². The van der Waals surface area contributed by atoms with E-state index in [2.05, 4.69) is 146 Å². The lowest BCUT2D eigenvalue weighted by Crippen LogP contribution is -2.04. The minimum absolute atomic E-state index is 0.0666. The van der Waals surface area contributed by atoms with Crippen molar-refractivity contribution in [1.29, 1.82) is 0 Å². The van der Waals surface area contributed by atoms with Crippen LogP contribution in [0.25, 0.3) is 67.8 Å². The normalized spacial score (nSPS) is 11.1. The van der Waals surface area contributed by atoms with E-state index in [1.54, 1.807) is 0 Å². The fourth-order valence-corrected chi connectivity index (χ4v) is 7.62. The number of hydrogen-bond donors (Lipinski definition) is 2. The molecule has 9 rings (SSSR count). The molecule has 0 saturated carbocycles. The Kier molecular flexibility index (Phi) is 10.5. The van der Waals surface area contributed by atoms with Crippen LogP contribution >= 0.6 is 11.6 Å². The Bertz CT molecular complexity index is 2630. The van der Waals surface area contributed by atoms with E-state index in [0.717, 1.165) is 92.3 Å². The van der Waals surface area contributed by atoms with Gasteiger partial charge in [0.05, 0.1) is 22.8 Å². The lowest BCUT2D eigenvalue weighted by molar-refractivity contribution is 0.778. The highest BCUT2D eigenvalue weighted by Crippen LogP contribution is 2.38. The van der Waals surface area contributed by atoms with Crippen LogP contribution in [0.5, 0.6) is 0 Å². The summed E-state index contributed by atoms with van der Waals surface area (Å²) < 4.78 is 4.55. The smallest absolute Gasteiger partial charge is 0.233 e.